The standard InChI is InChI=1S/C7H12N2O3/c1-7(2,3)4-5(8)9(11)6(10)12-4/h4,8,11H,1-3H3. The van der Waals surface area contributed by atoms with Crippen LogP contribution in [0.15, 0.2) is 0 Å². The van der Waals surface area contributed by atoms with Crippen molar-refractivity contribution >= 4 is 11.9 Å². The van der Waals surface area contributed by atoms with Crippen LogP contribution < -0.4 is 0 Å². The molecule has 12 heavy (non-hydrogen) atoms. The SMILES string of the molecule is CC(C)(C)C1OC(=O)N(O)C1=N. The van der Waals surface area contributed by atoms with E-state index in [1.165, 1.54) is 0 Å². The number of nitrogens with one attached hydrogen (secondary N) is 1. The molecule has 0 aliphatic carbocycles. The minimum atomic E-state index is -0.875. The lowest BCUT2D eigenvalue weighted by Gasteiger charge is -2.23. The second kappa shape index (κ2) is 2.45. The molecule has 5 nitrogen and oxygen atoms in total. The zero-order valence-electron chi connectivity index (χ0n) is 7.29. The van der Waals surface area contributed by atoms with Gasteiger partial charge in [0.25, 0.3) is 0 Å². The highest BCUT2D eigenvalue weighted by molar-refractivity contribution is 6.00. The minimum absolute atomic E-state index is 0.201. The normalized spacial score (nSPS) is 24.7. The van der Waals surface area contributed by atoms with Gasteiger partial charge in [0.1, 0.15) is 0 Å². The second-order valence-electron chi connectivity index (χ2n) is 3.83. The van der Waals surface area contributed by atoms with Crippen molar-refractivity contribution in [3.63, 3.8) is 0 Å². The van der Waals surface area contributed by atoms with Crippen LogP contribution in [0.1, 0.15) is 20.8 Å². The second-order valence-corrected chi connectivity index (χ2v) is 3.83. The van der Waals surface area contributed by atoms with Crippen molar-refractivity contribution in [2.75, 3.05) is 0 Å². The first-order valence-corrected chi connectivity index (χ1v) is 3.62. The summed E-state index contributed by atoms with van der Waals surface area (Å²) in [6.07, 6.45) is -1.53. The summed E-state index contributed by atoms with van der Waals surface area (Å²) in [6, 6.07) is 0. The zero-order valence-corrected chi connectivity index (χ0v) is 7.29. The summed E-state index contributed by atoms with van der Waals surface area (Å²) in [4.78, 5) is 10.8. The molecule has 0 aromatic heterocycles. The molecule has 2 N–H and O–H groups in total. The van der Waals surface area contributed by atoms with E-state index in [-0.39, 0.29) is 16.3 Å². The largest absolute Gasteiger partial charge is 0.440 e. The Morgan fingerprint density at radius 1 is 1.58 bits per heavy atom. The Hall–Kier alpha value is -1.10. The number of hydroxylamine groups is 2. The van der Waals surface area contributed by atoms with Crippen molar-refractivity contribution in [3.05, 3.63) is 0 Å². The molecule has 0 bridgehead atoms. The fourth-order valence-corrected chi connectivity index (χ4v) is 1.00. The van der Waals surface area contributed by atoms with Gasteiger partial charge in [-0.25, -0.2) is 4.79 Å². The Kier molecular flexibility index (Phi) is 1.83. The van der Waals surface area contributed by atoms with Crippen molar-refractivity contribution in [1.82, 2.24) is 5.06 Å². The molecule has 1 aliphatic rings. The molecule has 1 heterocycles. The van der Waals surface area contributed by atoms with Crippen molar-refractivity contribution in [3.8, 4) is 0 Å². The number of rotatable bonds is 0. The molecule has 1 fully saturated rings. The van der Waals surface area contributed by atoms with Crippen molar-refractivity contribution in [2.24, 2.45) is 5.41 Å². The van der Waals surface area contributed by atoms with Crippen LogP contribution in [0.4, 0.5) is 4.79 Å². The lowest BCUT2D eigenvalue weighted by Crippen LogP contribution is -2.35. The van der Waals surface area contributed by atoms with Gasteiger partial charge in [-0.1, -0.05) is 20.8 Å². The predicted octanol–water partition coefficient (Wildman–Crippen LogP) is 1.22. The molecule has 1 saturated heterocycles. The maximum absolute atomic E-state index is 10.8. The number of nitrogens with zero attached hydrogens (tertiary/aromatic N) is 1. The first-order chi connectivity index (χ1) is 5.34. The number of ether oxygens (including phenoxy) is 1. The van der Waals surface area contributed by atoms with E-state index < -0.39 is 12.2 Å². The highest BCUT2D eigenvalue weighted by Gasteiger charge is 2.43. The van der Waals surface area contributed by atoms with Crippen LogP contribution in [0.2, 0.25) is 0 Å². The summed E-state index contributed by atoms with van der Waals surface area (Å²) in [7, 11) is 0. The van der Waals surface area contributed by atoms with Gasteiger partial charge < -0.3 is 4.74 Å². The Morgan fingerprint density at radius 2 is 2.08 bits per heavy atom. The fourth-order valence-electron chi connectivity index (χ4n) is 1.00. The smallest absolute Gasteiger partial charge is 0.435 e. The monoisotopic (exact) mass is 172 g/mol. The van der Waals surface area contributed by atoms with Crippen LogP contribution in [-0.2, 0) is 4.74 Å². The lowest BCUT2D eigenvalue weighted by atomic mass is 9.88. The molecule has 1 unspecified atom stereocenters. The quantitative estimate of drug-likeness (QED) is 0.539. The average molecular weight is 172 g/mol. The van der Waals surface area contributed by atoms with E-state index in [1.807, 2.05) is 20.8 Å². The molecule has 0 radical (unpaired) electrons. The molecular weight excluding hydrogens is 160 g/mol. The summed E-state index contributed by atoms with van der Waals surface area (Å²) < 4.78 is 4.76. The molecule has 5 heteroatoms. The molecule has 0 spiro atoms. The summed E-state index contributed by atoms with van der Waals surface area (Å²) in [5.41, 5.74) is -0.357. The predicted molar refractivity (Wildman–Crippen MR) is 41.1 cm³/mol. The van der Waals surface area contributed by atoms with E-state index in [1.54, 1.807) is 0 Å². The van der Waals surface area contributed by atoms with Gasteiger partial charge in [0, 0.05) is 5.41 Å². The van der Waals surface area contributed by atoms with E-state index in [2.05, 4.69) is 0 Å². The van der Waals surface area contributed by atoms with Crippen molar-refractivity contribution < 1.29 is 14.7 Å². The minimum Gasteiger partial charge on any atom is -0.435 e. The highest BCUT2D eigenvalue weighted by Crippen LogP contribution is 2.28. The van der Waals surface area contributed by atoms with Gasteiger partial charge in [-0.2, -0.15) is 0 Å². The van der Waals surface area contributed by atoms with E-state index in [0.29, 0.717) is 0 Å². The Bertz CT molecular complexity index is 231. The summed E-state index contributed by atoms with van der Waals surface area (Å²) in [6.45, 7) is 5.50. The molecular formula is C7H12N2O3. The van der Waals surface area contributed by atoms with Gasteiger partial charge >= 0.3 is 6.09 Å². The van der Waals surface area contributed by atoms with Gasteiger partial charge in [-0.3, -0.25) is 10.6 Å². The van der Waals surface area contributed by atoms with E-state index in [0.717, 1.165) is 0 Å². The molecule has 0 aromatic rings. The van der Waals surface area contributed by atoms with Crippen LogP contribution in [0.5, 0.6) is 0 Å². The molecule has 1 aliphatic heterocycles. The Labute approximate surface area is 70.4 Å². The first kappa shape index (κ1) is 8.99. The van der Waals surface area contributed by atoms with Gasteiger partial charge in [-0.05, 0) is 0 Å². The molecule has 1 atom stereocenters. The van der Waals surface area contributed by atoms with E-state index >= 15 is 0 Å². The third kappa shape index (κ3) is 1.27. The van der Waals surface area contributed by atoms with Gasteiger partial charge in [0.15, 0.2) is 11.9 Å². The van der Waals surface area contributed by atoms with Crippen molar-refractivity contribution in [2.45, 2.75) is 26.9 Å². The molecule has 0 saturated carbocycles. The highest BCUT2D eigenvalue weighted by atomic mass is 16.7. The van der Waals surface area contributed by atoms with Crippen molar-refractivity contribution in [1.29, 1.82) is 5.41 Å². The summed E-state index contributed by atoms with van der Waals surface area (Å²) in [5.74, 6) is -0.201. The van der Waals surface area contributed by atoms with Crippen LogP contribution in [-0.4, -0.2) is 28.3 Å². The Morgan fingerprint density at radius 3 is 2.25 bits per heavy atom. The molecule has 1 amide bonds. The summed E-state index contributed by atoms with van der Waals surface area (Å²) >= 11 is 0. The number of amidine groups is 1. The van der Waals surface area contributed by atoms with Gasteiger partial charge in [0.2, 0.25) is 0 Å². The first-order valence-electron chi connectivity index (χ1n) is 3.62. The number of cyclic esters (lactones) is 1. The molecule has 68 valence electrons. The molecule has 0 aromatic carbocycles. The topological polar surface area (TPSA) is 73.6 Å². The van der Waals surface area contributed by atoms with Crippen LogP contribution in [0.3, 0.4) is 0 Å². The number of carbonyl (C=O) groups excluding carboxylic acids is 1. The number of amides is 1. The number of carbonyl (C=O) groups is 1. The zero-order chi connectivity index (χ0) is 9.52. The van der Waals surface area contributed by atoms with E-state index in [9.17, 15) is 4.79 Å². The van der Waals surface area contributed by atoms with Gasteiger partial charge in [0.05, 0.1) is 0 Å². The molecule has 1 rings (SSSR count). The lowest BCUT2D eigenvalue weighted by molar-refractivity contribution is 0.00748. The number of hydrogen-bond donors (Lipinski definition) is 2. The maximum atomic E-state index is 10.8. The van der Waals surface area contributed by atoms with Crippen LogP contribution in [0.25, 0.3) is 0 Å². The van der Waals surface area contributed by atoms with Crippen LogP contribution in [0, 0.1) is 10.8 Å². The van der Waals surface area contributed by atoms with Gasteiger partial charge in [-0.15, -0.1) is 5.06 Å². The maximum Gasteiger partial charge on any atom is 0.440 e. The van der Waals surface area contributed by atoms with E-state index in [4.69, 9.17) is 15.4 Å². The third-order valence-corrected chi connectivity index (χ3v) is 1.65. The van der Waals surface area contributed by atoms with Crippen LogP contribution >= 0.6 is 0 Å². The average Bonchev–Trinajstić information content (AvgIpc) is 2.15. The third-order valence-electron chi connectivity index (χ3n) is 1.65. The number of hydrogen-bond acceptors (Lipinski definition) is 4. The summed E-state index contributed by atoms with van der Waals surface area (Å²) in [5, 5.41) is 16.5. The Balaban J connectivity index is 2.86. The fraction of sp³-hybridized carbons (Fsp3) is 0.714.